The molecule has 0 spiro atoms. The largest absolute Gasteiger partial charge is 0.342 e. The predicted molar refractivity (Wildman–Crippen MR) is 123 cm³/mol. The SMILES string of the molecule is CCCCCCCCCCCCCCCCCCN(C)C(=O)c1ccccc1. The lowest BCUT2D eigenvalue weighted by atomic mass is 10.0. The van der Waals surface area contributed by atoms with Gasteiger partial charge >= 0.3 is 0 Å². The van der Waals surface area contributed by atoms with Gasteiger partial charge in [0.05, 0.1) is 0 Å². The maximum Gasteiger partial charge on any atom is 0.253 e. The van der Waals surface area contributed by atoms with Gasteiger partial charge in [0.1, 0.15) is 0 Å². The van der Waals surface area contributed by atoms with E-state index in [1.807, 2.05) is 42.3 Å². The molecule has 28 heavy (non-hydrogen) atoms. The average Bonchev–Trinajstić information content (AvgIpc) is 2.73. The highest BCUT2D eigenvalue weighted by molar-refractivity contribution is 5.93. The molecule has 1 rings (SSSR count). The molecule has 0 N–H and O–H groups in total. The normalized spacial score (nSPS) is 10.9. The van der Waals surface area contributed by atoms with Crippen molar-refractivity contribution in [2.24, 2.45) is 0 Å². The monoisotopic (exact) mass is 387 g/mol. The van der Waals surface area contributed by atoms with E-state index in [9.17, 15) is 4.79 Å². The van der Waals surface area contributed by atoms with Gasteiger partial charge in [-0.3, -0.25) is 4.79 Å². The Hall–Kier alpha value is -1.31. The molecule has 0 aliphatic carbocycles. The quantitative estimate of drug-likeness (QED) is 0.233. The van der Waals surface area contributed by atoms with Gasteiger partial charge in [0.25, 0.3) is 5.91 Å². The van der Waals surface area contributed by atoms with Crippen molar-refractivity contribution in [3.63, 3.8) is 0 Å². The van der Waals surface area contributed by atoms with Crippen LogP contribution in [0.25, 0.3) is 0 Å². The van der Waals surface area contributed by atoms with Gasteiger partial charge in [-0.1, -0.05) is 121 Å². The van der Waals surface area contributed by atoms with Crippen molar-refractivity contribution in [3.8, 4) is 0 Å². The van der Waals surface area contributed by atoms with Crippen molar-refractivity contribution < 1.29 is 4.79 Å². The summed E-state index contributed by atoms with van der Waals surface area (Å²) in [5, 5.41) is 0. The summed E-state index contributed by atoms with van der Waals surface area (Å²) in [5.41, 5.74) is 0.793. The molecule has 0 unspecified atom stereocenters. The van der Waals surface area contributed by atoms with Crippen LogP contribution in [0.4, 0.5) is 0 Å². The van der Waals surface area contributed by atoms with Crippen molar-refractivity contribution in [2.45, 2.75) is 110 Å². The molecular weight excluding hydrogens is 342 g/mol. The summed E-state index contributed by atoms with van der Waals surface area (Å²) in [4.78, 5) is 14.1. The van der Waals surface area contributed by atoms with Gasteiger partial charge in [-0.2, -0.15) is 0 Å². The fraction of sp³-hybridized carbons (Fsp3) is 0.731. The Balaban J connectivity index is 1.82. The van der Waals surface area contributed by atoms with Crippen molar-refractivity contribution in [2.75, 3.05) is 13.6 Å². The number of carbonyl (C=O) groups is 1. The molecule has 0 atom stereocenters. The van der Waals surface area contributed by atoms with Gasteiger partial charge in [0.2, 0.25) is 0 Å². The summed E-state index contributed by atoms with van der Waals surface area (Å²) >= 11 is 0. The first-order chi connectivity index (χ1) is 13.8. The second-order valence-electron chi connectivity index (χ2n) is 8.40. The fourth-order valence-corrected chi connectivity index (χ4v) is 3.80. The van der Waals surface area contributed by atoms with Gasteiger partial charge in [-0.25, -0.2) is 0 Å². The van der Waals surface area contributed by atoms with Gasteiger partial charge < -0.3 is 4.90 Å². The van der Waals surface area contributed by atoms with Gasteiger partial charge in [0, 0.05) is 19.2 Å². The van der Waals surface area contributed by atoms with Crippen molar-refractivity contribution in [3.05, 3.63) is 35.9 Å². The third kappa shape index (κ3) is 13.0. The van der Waals surface area contributed by atoms with Gasteiger partial charge in [-0.05, 0) is 18.6 Å². The zero-order valence-corrected chi connectivity index (χ0v) is 18.8. The third-order valence-corrected chi connectivity index (χ3v) is 5.71. The highest BCUT2D eigenvalue weighted by Crippen LogP contribution is 2.14. The first kappa shape index (κ1) is 24.7. The summed E-state index contributed by atoms with van der Waals surface area (Å²) in [6.07, 6.45) is 22.1. The molecule has 1 amide bonds. The van der Waals surface area contributed by atoms with Crippen LogP contribution >= 0.6 is 0 Å². The summed E-state index contributed by atoms with van der Waals surface area (Å²) in [7, 11) is 1.92. The Morgan fingerprint density at radius 3 is 1.46 bits per heavy atom. The Morgan fingerprint density at radius 2 is 1.04 bits per heavy atom. The highest BCUT2D eigenvalue weighted by Gasteiger charge is 2.09. The number of benzene rings is 1. The minimum atomic E-state index is 0.140. The molecule has 1 aromatic rings. The number of hydrogen-bond acceptors (Lipinski definition) is 1. The average molecular weight is 388 g/mol. The van der Waals surface area contributed by atoms with Crippen molar-refractivity contribution in [1.82, 2.24) is 4.90 Å². The Bertz CT molecular complexity index is 471. The van der Waals surface area contributed by atoms with Crippen molar-refractivity contribution in [1.29, 1.82) is 0 Å². The van der Waals surface area contributed by atoms with Crippen LogP contribution in [-0.2, 0) is 0 Å². The predicted octanol–water partition coefficient (Wildman–Crippen LogP) is 8.02. The number of carbonyl (C=O) groups excluding carboxylic acids is 1. The Morgan fingerprint density at radius 1 is 0.643 bits per heavy atom. The van der Waals surface area contributed by atoms with E-state index >= 15 is 0 Å². The van der Waals surface area contributed by atoms with E-state index in [2.05, 4.69) is 6.92 Å². The summed E-state index contributed by atoms with van der Waals surface area (Å²) in [5.74, 6) is 0.140. The van der Waals surface area contributed by atoms with Gasteiger partial charge in [0.15, 0.2) is 0 Å². The molecule has 0 aromatic heterocycles. The Kier molecular flexibility index (Phi) is 15.7. The fourth-order valence-electron chi connectivity index (χ4n) is 3.80. The van der Waals surface area contributed by atoms with Crippen LogP contribution in [0.2, 0.25) is 0 Å². The molecule has 0 aliphatic heterocycles. The first-order valence-corrected chi connectivity index (χ1v) is 12.1. The molecule has 1 aromatic carbocycles. The molecule has 0 saturated carbocycles. The number of rotatable bonds is 18. The minimum Gasteiger partial charge on any atom is -0.342 e. The lowest BCUT2D eigenvalue weighted by Gasteiger charge is -2.17. The molecule has 0 bridgehead atoms. The van der Waals surface area contributed by atoms with E-state index in [0.717, 1.165) is 18.5 Å². The maximum absolute atomic E-state index is 12.3. The second kappa shape index (κ2) is 17.8. The van der Waals surface area contributed by atoms with Crippen LogP contribution in [0.5, 0.6) is 0 Å². The molecule has 0 aliphatic rings. The number of unbranched alkanes of at least 4 members (excludes halogenated alkanes) is 15. The molecule has 160 valence electrons. The molecule has 0 heterocycles. The molecule has 0 saturated heterocycles. The third-order valence-electron chi connectivity index (χ3n) is 5.71. The zero-order valence-electron chi connectivity index (χ0n) is 18.8. The van der Waals surface area contributed by atoms with Gasteiger partial charge in [-0.15, -0.1) is 0 Å². The standard InChI is InChI=1S/C26H45NO/c1-3-4-5-6-7-8-9-10-11-12-13-14-15-16-17-21-24-27(2)26(28)25-22-19-18-20-23-25/h18-20,22-23H,3-17,21,24H2,1-2H3. The van der Waals surface area contributed by atoms with Crippen LogP contribution < -0.4 is 0 Å². The molecule has 2 heteroatoms. The number of nitrogens with zero attached hydrogens (tertiary/aromatic N) is 1. The van der Waals surface area contributed by atoms with Crippen LogP contribution in [0.3, 0.4) is 0 Å². The molecular formula is C26H45NO. The molecule has 0 fully saturated rings. The van der Waals surface area contributed by atoms with Crippen LogP contribution in [0.15, 0.2) is 30.3 Å². The topological polar surface area (TPSA) is 20.3 Å². The van der Waals surface area contributed by atoms with E-state index in [1.54, 1.807) is 0 Å². The lowest BCUT2D eigenvalue weighted by Crippen LogP contribution is -2.27. The Labute approximate surface area is 175 Å². The van der Waals surface area contributed by atoms with Crippen LogP contribution in [-0.4, -0.2) is 24.4 Å². The first-order valence-electron chi connectivity index (χ1n) is 12.1. The zero-order chi connectivity index (χ0) is 20.3. The second-order valence-corrected chi connectivity index (χ2v) is 8.40. The summed E-state index contributed by atoms with van der Waals surface area (Å²) in [6, 6.07) is 9.59. The van der Waals surface area contributed by atoms with E-state index in [0.29, 0.717) is 0 Å². The van der Waals surface area contributed by atoms with E-state index in [1.165, 1.54) is 96.3 Å². The minimum absolute atomic E-state index is 0.140. The van der Waals surface area contributed by atoms with E-state index in [4.69, 9.17) is 0 Å². The number of hydrogen-bond donors (Lipinski definition) is 0. The maximum atomic E-state index is 12.3. The molecule has 2 nitrogen and oxygen atoms in total. The highest BCUT2D eigenvalue weighted by atomic mass is 16.2. The number of amides is 1. The molecule has 0 radical (unpaired) electrons. The van der Waals surface area contributed by atoms with Crippen LogP contribution in [0, 0.1) is 0 Å². The summed E-state index contributed by atoms with van der Waals surface area (Å²) in [6.45, 7) is 3.15. The lowest BCUT2D eigenvalue weighted by molar-refractivity contribution is 0.0792. The van der Waals surface area contributed by atoms with Crippen LogP contribution in [0.1, 0.15) is 120 Å². The summed E-state index contributed by atoms with van der Waals surface area (Å²) < 4.78 is 0. The van der Waals surface area contributed by atoms with E-state index < -0.39 is 0 Å². The van der Waals surface area contributed by atoms with E-state index in [-0.39, 0.29) is 5.91 Å². The van der Waals surface area contributed by atoms with Crippen molar-refractivity contribution >= 4 is 5.91 Å². The smallest absolute Gasteiger partial charge is 0.253 e.